The van der Waals surface area contributed by atoms with Crippen molar-refractivity contribution in [1.82, 2.24) is 20.4 Å². The summed E-state index contributed by atoms with van der Waals surface area (Å²) >= 11 is 0. The van der Waals surface area contributed by atoms with E-state index >= 15 is 0 Å². The summed E-state index contributed by atoms with van der Waals surface area (Å²) < 4.78 is 2.10. The highest BCUT2D eigenvalue weighted by Crippen LogP contribution is 2.28. The normalized spacial score (nSPS) is 27.3. The molecule has 3 rings (SSSR count). The monoisotopic (exact) mass is 235 g/mol. The largest absolute Gasteiger partial charge is 0.369 e. The molecule has 1 aromatic heterocycles. The number of rotatable bonds is 4. The molecule has 17 heavy (non-hydrogen) atoms. The fourth-order valence-corrected chi connectivity index (χ4v) is 2.40. The van der Waals surface area contributed by atoms with Gasteiger partial charge in [-0.05, 0) is 5.41 Å². The van der Waals surface area contributed by atoms with Crippen LogP contribution >= 0.6 is 0 Å². The summed E-state index contributed by atoms with van der Waals surface area (Å²) in [6.07, 6.45) is 1.87. The lowest BCUT2D eigenvalue weighted by Gasteiger charge is -2.46. The Bertz CT molecular complexity index is 393. The van der Waals surface area contributed by atoms with Crippen LogP contribution in [0.5, 0.6) is 0 Å². The number of anilines is 1. The molecule has 2 aliphatic heterocycles. The van der Waals surface area contributed by atoms with Gasteiger partial charge in [-0.1, -0.05) is 13.8 Å². The zero-order chi connectivity index (χ0) is 11.9. The molecule has 3 heterocycles. The molecule has 1 unspecified atom stereocenters. The maximum Gasteiger partial charge on any atom is 0.124 e. The number of nitrogens with one attached hydrogen (secondary N) is 3. The maximum atomic E-state index is 4.39. The van der Waals surface area contributed by atoms with E-state index in [4.69, 9.17) is 0 Å². The summed E-state index contributed by atoms with van der Waals surface area (Å²) in [5, 5.41) is 14.6. The molecule has 2 aliphatic rings. The number of nitrogens with zero attached hydrogens (tertiary/aromatic N) is 2. The third-order valence-corrected chi connectivity index (χ3v) is 4.01. The summed E-state index contributed by atoms with van der Waals surface area (Å²) in [6.45, 7) is 8.77. The number of aromatic nitrogens is 2. The van der Waals surface area contributed by atoms with Gasteiger partial charge in [0.15, 0.2) is 0 Å². The predicted molar refractivity (Wildman–Crippen MR) is 68.2 cm³/mol. The van der Waals surface area contributed by atoms with Gasteiger partial charge in [-0.2, -0.15) is 5.10 Å². The van der Waals surface area contributed by atoms with Crippen LogP contribution in [0, 0.1) is 5.41 Å². The van der Waals surface area contributed by atoms with E-state index in [9.17, 15) is 0 Å². The van der Waals surface area contributed by atoms with Crippen molar-refractivity contribution >= 4 is 5.82 Å². The summed E-state index contributed by atoms with van der Waals surface area (Å²) in [4.78, 5) is 0. The first kappa shape index (κ1) is 11.0. The van der Waals surface area contributed by atoms with Crippen LogP contribution in [-0.4, -0.2) is 42.0 Å². The Hall–Kier alpha value is -1.07. The molecule has 0 amide bonds. The van der Waals surface area contributed by atoms with Crippen LogP contribution in [-0.2, 0) is 0 Å². The van der Waals surface area contributed by atoms with E-state index in [1.54, 1.807) is 0 Å². The third kappa shape index (κ3) is 1.93. The molecule has 2 fully saturated rings. The Morgan fingerprint density at radius 3 is 2.88 bits per heavy atom. The van der Waals surface area contributed by atoms with Crippen molar-refractivity contribution in [2.24, 2.45) is 5.41 Å². The molecule has 5 heteroatoms. The van der Waals surface area contributed by atoms with Crippen LogP contribution in [0.3, 0.4) is 0 Å². The minimum Gasteiger partial charge on any atom is -0.369 e. The lowest BCUT2D eigenvalue weighted by atomic mass is 9.77. The SMILES string of the molecule is CC1(C)CNC1CNc1ccnn1C1CNC1. The molecule has 1 atom stereocenters. The quantitative estimate of drug-likeness (QED) is 0.709. The van der Waals surface area contributed by atoms with Crippen molar-refractivity contribution in [3.8, 4) is 0 Å². The first-order chi connectivity index (χ1) is 8.17. The average molecular weight is 235 g/mol. The molecule has 1 aromatic rings. The minimum absolute atomic E-state index is 0.413. The van der Waals surface area contributed by atoms with Crippen molar-refractivity contribution in [1.29, 1.82) is 0 Å². The van der Waals surface area contributed by atoms with Crippen molar-refractivity contribution in [2.75, 3.05) is 31.5 Å². The van der Waals surface area contributed by atoms with Gasteiger partial charge in [0.2, 0.25) is 0 Å². The lowest BCUT2D eigenvalue weighted by molar-refractivity contribution is 0.137. The first-order valence-corrected chi connectivity index (χ1v) is 6.38. The van der Waals surface area contributed by atoms with Crippen LogP contribution < -0.4 is 16.0 Å². The number of hydrogen-bond acceptors (Lipinski definition) is 4. The maximum absolute atomic E-state index is 4.39. The van der Waals surface area contributed by atoms with Crippen LogP contribution in [0.4, 0.5) is 5.82 Å². The van der Waals surface area contributed by atoms with Gasteiger partial charge in [0.05, 0.1) is 12.2 Å². The van der Waals surface area contributed by atoms with Crippen LogP contribution in [0.15, 0.2) is 12.3 Å². The van der Waals surface area contributed by atoms with Crippen LogP contribution in [0.2, 0.25) is 0 Å². The van der Waals surface area contributed by atoms with Crippen molar-refractivity contribution in [3.63, 3.8) is 0 Å². The van der Waals surface area contributed by atoms with Crippen molar-refractivity contribution in [2.45, 2.75) is 25.9 Å². The van der Waals surface area contributed by atoms with Crippen molar-refractivity contribution in [3.05, 3.63) is 12.3 Å². The second-order valence-corrected chi connectivity index (χ2v) is 5.78. The van der Waals surface area contributed by atoms with Gasteiger partial charge in [-0.3, -0.25) is 0 Å². The molecular weight excluding hydrogens is 214 g/mol. The second kappa shape index (κ2) is 3.99. The first-order valence-electron chi connectivity index (χ1n) is 6.38. The van der Waals surface area contributed by atoms with E-state index in [-0.39, 0.29) is 0 Å². The van der Waals surface area contributed by atoms with E-state index in [0.29, 0.717) is 17.5 Å². The van der Waals surface area contributed by atoms with E-state index in [1.165, 1.54) is 0 Å². The zero-order valence-corrected chi connectivity index (χ0v) is 10.5. The molecule has 0 radical (unpaired) electrons. The molecule has 5 nitrogen and oxygen atoms in total. The Morgan fingerprint density at radius 1 is 1.53 bits per heavy atom. The van der Waals surface area contributed by atoms with Gasteiger partial charge < -0.3 is 16.0 Å². The third-order valence-electron chi connectivity index (χ3n) is 4.01. The minimum atomic E-state index is 0.413. The molecular formula is C12H21N5. The Morgan fingerprint density at radius 2 is 2.35 bits per heavy atom. The van der Waals surface area contributed by atoms with Gasteiger partial charge in [0, 0.05) is 38.3 Å². The van der Waals surface area contributed by atoms with Gasteiger partial charge in [-0.15, -0.1) is 0 Å². The molecule has 0 spiro atoms. The average Bonchev–Trinajstić information content (AvgIpc) is 2.63. The second-order valence-electron chi connectivity index (χ2n) is 5.78. The van der Waals surface area contributed by atoms with Gasteiger partial charge in [-0.25, -0.2) is 4.68 Å². The predicted octanol–water partition coefficient (Wildman–Crippen LogP) is 0.437. The highest BCUT2D eigenvalue weighted by molar-refractivity contribution is 5.35. The van der Waals surface area contributed by atoms with Gasteiger partial charge in [0.25, 0.3) is 0 Å². The molecule has 2 saturated heterocycles. The van der Waals surface area contributed by atoms with E-state index in [1.807, 2.05) is 6.20 Å². The molecule has 0 bridgehead atoms. The van der Waals surface area contributed by atoms with Crippen LogP contribution in [0.25, 0.3) is 0 Å². The Kier molecular flexibility index (Phi) is 2.60. The molecule has 0 saturated carbocycles. The molecule has 94 valence electrons. The summed E-state index contributed by atoms with van der Waals surface area (Å²) in [5.41, 5.74) is 0.413. The Labute approximate surface area is 102 Å². The van der Waals surface area contributed by atoms with E-state index in [0.717, 1.165) is 32.0 Å². The fourth-order valence-electron chi connectivity index (χ4n) is 2.40. The molecule has 0 aromatic carbocycles. The van der Waals surface area contributed by atoms with E-state index < -0.39 is 0 Å². The smallest absolute Gasteiger partial charge is 0.124 e. The van der Waals surface area contributed by atoms with Gasteiger partial charge >= 0.3 is 0 Å². The molecule has 0 aliphatic carbocycles. The molecule has 3 N–H and O–H groups in total. The zero-order valence-electron chi connectivity index (χ0n) is 10.5. The lowest BCUT2D eigenvalue weighted by Crippen LogP contribution is -2.62. The summed E-state index contributed by atoms with van der Waals surface area (Å²) in [5.74, 6) is 1.14. The topological polar surface area (TPSA) is 53.9 Å². The van der Waals surface area contributed by atoms with Crippen molar-refractivity contribution < 1.29 is 0 Å². The summed E-state index contributed by atoms with van der Waals surface area (Å²) in [6, 6.07) is 3.14. The van der Waals surface area contributed by atoms with Gasteiger partial charge in [0.1, 0.15) is 5.82 Å². The highest BCUT2D eigenvalue weighted by Gasteiger charge is 2.37. The van der Waals surface area contributed by atoms with E-state index in [2.05, 4.69) is 45.6 Å². The highest BCUT2D eigenvalue weighted by atomic mass is 15.4. The standard InChI is InChI=1S/C12H21N5/c1-12(2)8-15-10(12)7-14-11-3-4-16-17(11)9-5-13-6-9/h3-4,9-10,13-15H,5-8H2,1-2H3. The number of hydrogen-bond donors (Lipinski definition) is 3. The summed E-state index contributed by atoms with van der Waals surface area (Å²) in [7, 11) is 0. The van der Waals surface area contributed by atoms with Crippen LogP contribution in [0.1, 0.15) is 19.9 Å². The Balaban J connectivity index is 1.59. The fraction of sp³-hybridized carbons (Fsp3) is 0.750.